The first-order chi connectivity index (χ1) is 8.17. The number of carbonyl (C=O) groups is 1. The quantitative estimate of drug-likeness (QED) is 0.452. The molecule has 1 unspecified atom stereocenters. The van der Waals surface area contributed by atoms with Crippen LogP contribution < -0.4 is 0 Å². The zero-order valence-electron chi connectivity index (χ0n) is 9.89. The fraction of sp³-hybridized carbons (Fsp3) is 0.143. The zero-order valence-corrected chi connectivity index (χ0v) is 11.0. The molecule has 0 saturated carbocycles. The van der Waals surface area contributed by atoms with Gasteiger partial charge in [-0.2, -0.15) is 0 Å². The summed E-state index contributed by atoms with van der Waals surface area (Å²) in [5.74, 6) is 0. The van der Waals surface area contributed by atoms with Crippen molar-refractivity contribution in [3.63, 3.8) is 0 Å². The minimum atomic E-state index is 0.624. The van der Waals surface area contributed by atoms with Crippen molar-refractivity contribution in [1.82, 2.24) is 4.98 Å². The number of carbonyl (C=O) groups excluding carboxylic acids is 1. The Balaban J connectivity index is 2.81. The van der Waals surface area contributed by atoms with Crippen molar-refractivity contribution in [1.29, 1.82) is 0 Å². The minimum Gasteiger partial charge on any atom is -0.298 e. The first-order valence-electron chi connectivity index (χ1n) is 5.33. The Kier molecular flexibility index (Phi) is 5.51. The van der Waals surface area contributed by atoms with Gasteiger partial charge in [-0.25, -0.2) is 0 Å². The van der Waals surface area contributed by atoms with Crippen molar-refractivity contribution < 1.29 is 4.79 Å². The van der Waals surface area contributed by atoms with Gasteiger partial charge in [0.2, 0.25) is 0 Å². The molecule has 0 aliphatic carbocycles. The van der Waals surface area contributed by atoms with E-state index in [-0.39, 0.29) is 0 Å². The van der Waals surface area contributed by atoms with Gasteiger partial charge in [0.15, 0.2) is 6.29 Å². The van der Waals surface area contributed by atoms with E-state index < -0.39 is 0 Å². The average Bonchev–Trinajstić information content (AvgIpc) is 2.29. The standard InChI is InChI=1S/C14H16NOP/c1-3-4-14(17)8-11(2)7-12-5-6-15-9-13(12)10-16/h3-6,8-10H,2,7,17H2,1H3/b4-3-,14-8+. The molecule has 0 aromatic carbocycles. The molecule has 0 amide bonds. The predicted molar refractivity (Wildman–Crippen MR) is 75.1 cm³/mol. The Morgan fingerprint density at radius 3 is 3.00 bits per heavy atom. The summed E-state index contributed by atoms with van der Waals surface area (Å²) in [7, 11) is 2.65. The summed E-state index contributed by atoms with van der Waals surface area (Å²) in [5, 5.41) is 1.07. The highest BCUT2D eigenvalue weighted by molar-refractivity contribution is 7.22. The summed E-state index contributed by atoms with van der Waals surface area (Å²) in [5.41, 5.74) is 2.54. The van der Waals surface area contributed by atoms with Gasteiger partial charge in [-0.1, -0.05) is 30.4 Å². The molecule has 0 aliphatic rings. The number of aldehydes is 1. The summed E-state index contributed by atoms with van der Waals surface area (Å²) < 4.78 is 0. The second-order valence-electron chi connectivity index (χ2n) is 3.67. The fourth-order valence-electron chi connectivity index (χ4n) is 1.47. The van der Waals surface area contributed by atoms with Crippen LogP contribution in [-0.2, 0) is 6.42 Å². The maximum absolute atomic E-state index is 10.8. The molecule has 1 aromatic heterocycles. The van der Waals surface area contributed by atoms with Crippen molar-refractivity contribution >= 4 is 15.5 Å². The minimum absolute atomic E-state index is 0.624. The molecule has 1 aromatic rings. The van der Waals surface area contributed by atoms with Crippen LogP contribution in [0.1, 0.15) is 22.8 Å². The highest BCUT2D eigenvalue weighted by atomic mass is 31.0. The van der Waals surface area contributed by atoms with E-state index in [0.717, 1.165) is 22.7 Å². The van der Waals surface area contributed by atoms with Gasteiger partial charge in [0.25, 0.3) is 0 Å². The van der Waals surface area contributed by atoms with E-state index in [4.69, 9.17) is 0 Å². The number of nitrogens with zero attached hydrogens (tertiary/aromatic N) is 1. The maximum Gasteiger partial charge on any atom is 0.151 e. The van der Waals surface area contributed by atoms with Gasteiger partial charge in [-0.15, -0.1) is 9.24 Å². The van der Waals surface area contributed by atoms with Crippen molar-refractivity contribution in [2.45, 2.75) is 13.3 Å². The van der Waals surface area contributed by atoms with Crippen LogP contribution in [0.4, 0.5) is 0 Å². The number of allylic oxidation sites excluding steroid dienone is 5. The molecule has 2 nitrogen and oxygen atoms in total. The van der Waals surface area contributed by atoms with Crippen molar-refractivity contribution in [3.8, 4) is 0 Å². The predicted octanol–water partition coefficient (Wildman–Crippen LogP) is 3.33. The third-order valence-corrected chi connectivity index (χ3v) is 2.58. The molecule has 0 aliphatic heterocycles. The average molecular weight is 245 g/mol. The Hall–Kier alpha value is -1.53. The largest absolute Gasteiger partial charge is 0.298 e. The number of aromatic nitrogens is 1. The molecule has 88 valence electrons. The molecule has 0 fully saturated rings. The zero-order chi connectivity index (χ0) is 12.7. The molecule has 17 heavy (non-hydrogen) atoms. The van der Waals surface area contributed by atoms with Crippen LogP contribution in [0.15, 0.2) is 54.2 Å². The molecular weight excluding hydrogens is 229 g/mol. The van der Waals surface area contributed by atoms with Crippen LogP contribution in [0.5, 0.6) is 0 Å². The Morgan fingerprint density at radius 1 is 1.59 bits per heavy atom. The van der Waals surface area contributed by atoms with E-state index in [1.807, 2.05) is 31.2 Å². The molecule has 0 spiro atoms. The van der Waals surface area contributed by atoms with Crippen LogP contribution in [0.3, 0.4) is 0 Å². The van der Waals surface area contributed by atoms with Crippen LogP contribution in [0, 0.1) is 0 Å². The fourth-order valence-corrected chi connectivity index (χ4v) is 1.90. The summed E-state index contributed by atoms with van der Waals surface area (Å²) in [6.45, 7) is 5.95. The van der Waals surface area contributed by atoms with Crippen LogP contribution in [0.25, 0.3) is 0 Å². The number of hydrogen-bond donors (Lipinski definition) is 0. The third kappa shape index (κ3) is 4.46. The maximum atomic E-state index is 10.8. The molecule has 1 heterocycles. The summed E-state index contributed by atoms with van der Waals surface area (Å²) in [6.07, 6.45) is 10.7. The molecule has 3 heteroatoms. The first kappa shape index (κ1) is 13.5. The topological polar surface area (TPSA) is 30.0 Å². The summed E-state index contributed by atoms with van der Waals surface area (Å²) >= 11 is 0. The lowest BCUT2D eigenvalue weighted by molar-refractivity contribution is 0.112. The van der Waals surface area contributed by atoms with Gasteiger partial charge in [-0.05, 0) is 30.3 Å². The Bertz CT molecular complexity index is 475. The van der Waals surface area contributed by atoms with Gasteiger partial charge in [-0.3, -0.25) is 9.78 Å². The molecule has 0 N–H and O–H groups in total. The van der Waals surface area contributed by atoms with E-state index in [9.17, 15) is 4.79 Å². The van der Waals surface area contributed by atoms with Crippen LogP contribution >= 0.6 is 9.24 Å². The highest BCUT2D eigenvalue weighted by Crippen LogP contribution is 2.15. The second-order valence-corrected chi connectivity index (χ2v) is 4.34. The van der Waals surface area contributed by atoms with Crippen molar-refractivity contribution in [2.75, 3.05) is 0 Å². The van der Waals surface area contributed by atoms with E-state index in [0.29, 0.717) is 12.0 Å². The van der Waals surface area contributed by atoms with Crippen molar-refractivity contribution in [3.05, 3.63) is 65.3 Å². The Labute approximate surface area is 104 Å². The monoisotopic (exact) mass is 245 g/mol. The normalized spacial score (nSPS) is 11.8. The molecule has 0 radical (unpaired) electrons. The summed E-state index contributed by atoms with van der Waals surface area (Å²) in [6, 6.07) is 1.85. The van der Waals surface area contributed by atoms with E-state index in [1.54, 1.807) is 12.4 Å². The molecule has 1 atom stereocenters. The number of pyridine rings is 1. The van der Waals surface area contributed by atoms with Gasteiger partial charge in [0, 0.05) is 18.0 Å². The van der Waals surface area contributed by atoms with Crippen LogP contribution in [0.2, 0.25) is 0 Å². The van der Waals surface area contributed by atoms with Crippen molar-refractivity contribution in [2.24, 2.45) is 0 Å². The molecule has 1 rings (SSSR count). The molecule has 0 bridgehead atoms. The van der Waals surface area contributed by atoms with Crippen LogP contribution in [-0.4, -0.2) is 11.3 Å². The van der Waals surface area contributed by atoms with Gasteiger partial charge >= 0.3 is 0 Å². The lowest BCUT2D eigenvalue weighted by Crippen LogP contribution is -1.95. The van der Waals surface area contributed by atoms with Gasteiger partial charge in [0.1, 0.15) is 0 Å². The lowest BCUT2D eigenvalue weighted by atomic mass is 10.0. The summed E-state index contributed by atoms with van der Waals surface area (Å²) in [4.78, 5) is 14.8. The molecule has 0 saturated heterocycles. The molecular formula is C14H16NOP. The van der Waals surface area contributed by atoms with E-state index >= 15 is 0 Å². The van der Waals surface area contributed by atoms with E-state index in [2.05, 4.69) is 20.8 Å². The van der Waals surface area contributed by atoms with Gasteiger partial charge < -0.3 is 0 Å². The smallest absolute Gasteiger partial charge is 0.151 e. The number of rotatable bonds is 5. The SMILES string of the molecule is C=C(/C=C(P)\C=C/C)Cc1ccncc1C=O. The van der Waals surface area contributed by atoms with E-state index in [1.165, 1.54) is 0 Å². The highest BCUT2D eigenvalue weighted by Gasteiger charge is 2.02. The third-order valence-electron chi connectivity index (χ3n) is 2.22. The first-order valence-corrected chi connectivity index (χ1v) is 5.90. The number of hydrogen-bond acceptors (Lipinski definition) is 2. The Morgan fingerprint density at radius 2 is 2.35 bits per heavy atom. The lowest BCUT2D eigenvalue weighted by Gasteiger charge is -2.04. The van der Waals surface area contributed by atoms with Gasteiger partial charge in [0.05, 0.1) is 0 Å². The second kappa shape index (κ2) is 6.93.